The molecule has 0 amide bonds. The molecule has 0 saturated heterocycles. The standard InChI is InChI=1S/C16H28N4O2S.HI/c1-5-13-11-20-14(23-13)7-9-18-16(17-6-2)19-10-8-15(21)22-12(3)4;/h11-12H,5-10H2,1-4H3,(H2,17,18,19);1H. The second-order valence-corrected chi connectivity index (χ2v) is 6.50. The van der Waals surface area contributed by atoms with Crippen molar-refractivity contribution < 1.29 is 9.53 Å². The van der Waals surface area contributed by atoms with E-state index >= 15 is 0 Å². The van der Waals surface area contributed by atoms with Crippen LogP contribution in [0.5, 0.6) is 0 Å². The van der Waals surface area contributed by atoms with Gasteiger partial charge in [-0.3, -0.25) is 9.79 Å². The highest BCUT2D eigenvalue weighted by Crippen LogP contribution is 2.13. The number of hydrogen-bond donors (Lipinski definition) is 2. The second kappa shape index (κ2) is 13.4. The number of carbonyl (C=O) groups excluding carboxylic acids is 1. The summed E-state index contributed by atoms with van der Waals surface area (Å²) in [6, 6.07) is 0. The van der Waals surface area contributed by atoms with Crippen molar-refractivity contribution in [1.82, 2.24) is 15.6 Å². The van der Waals surface area contributed by atoms with E-state index in [0.29, 0.717) is 19.5 Å². The highest BCUT2D eigenvalue weighted by Gasteiger charge is 2.06. The van der Waals surface area contributed by atoms with E-state index in [1.807, 2.05) is 27.0 Å². The first-order valence-corrected chi connectivity index (χ1v) is 9.02. The van der Waals surface area contributed by atoms with Crippen LogP contribution in [0.3, 0.4) is 0 Å². The molecule has 0 fully saturated rings. The summed E-state index contributed by atoms with van der Waals surface area (Å²) in [4.78, 5) is 21.7. The van der Waals surface area contributed by atoms with Gasteiger partial charge in [0.15, 0.2) is 5.96 Å². The number of aromatic nitrogens is 1. The molecule has 1 heterocycles. The number of carbonyl (C=O) groups is 1. The molecular formula is C16H29IN4O2S. The molecule has 0 unspecified atom stereocenters. The van der Waals surface area contributed by atoms with Crippen LogP contribution in [-0.4, -0.2) is 42.7 Å². The van der Waals surface area contributed by atoms with Gasteiger partial charge in [0.05, 0.1) is 17.5 Å². The van der Waals surface area contributed by atoms with E-state index in [0.717, 1.165) is 30.4 Å². The lowest BCUT2D eigenvalue weighted by atomic mass is 10.4. The third-order valence-corrected chi connectivity index (χ3v) is 4.08. The summed E-state index contributed by atoms with van der Waals surface area (Å²) in [7, 11) is 0. The van der Waals surface area contributed by atoms with E-state index < -0.39 is 0 Å². The summed E-state index contributed by atoms with van der Waals surface area (Å²) in [5.41, 5.74) is 0. The number of ether oxygens (including phenoxy) is 1. The Morgan fingerprint density at radius 1 is 1.38 bits per heavy atom. The minimum Gasteiger partial charge on any atom is -0.463 e. The lowest BCUT2D eigenvalue weighted by molar-refractivity contribution is -0.147. The Kier molecular flexibility index (Phi) is 12.9. The van der Waals surface area contributed by atoms with Gasteiger partial charge in [-0.2, -0.15) is 0 Å². The van der Waals surface area contributed by atoms with Gasteiger partial charge in [0.1, 0.15) is 0 Å². The Bertz CT molecular complexity index is 506. The van der Waals surface area contributed by atoms with E-state index in [9.17, 15) is 4.79 Å². The van der Waals surface area contributed by atoms with Gasteiger partial charge < -0.3 is 15.4 Å². The Hall–Kier alpha value is -0.900. The van der Waals surface area contributed by atoms with Crippen LogP contribution in [0.1, 0.15) is 44.0 Å². The molecule has 138 valence electrons. The van der Waals surface area contributed by atoms with Crippen LogP contribution in [0.4, 0.5) is 0 Å². The molecule has 24 heavy (non-hydrogen) atoms. The van der Waals surface area contributed by atoms with Crippen molar-refractivity contribution in [2.24, 2.45) is 4.99 Å². The minimum absolute atomic E-state index is 0. The Labute approximate surface area is 165 Å². The molecular weight excluding hydrogens is 439 g/mol. The molecule has 0 aromatic carbocycles. The maximum atomic E-state index is 11.5. The van der Waals surface area contributed by atoms with Gasteiger partial charge in [0, 0.05) is 37.1 Å². The topological polar surface area (TPSA) is 75.6 Å². The number of nitrogens with zero attached hydrogens (tertiary/aromatic N) is 2. The van der Waals surface area contributed by atoms with E-state index in [1.165, 1.54) is 4.88 Å². The van der Waals surface area contributed by atoms with E-state index in [4.69, 9.17) is 4.74 Å². The molecule has 0 aliphatic heterocycles. The van der Waals surface area contributed by atoms with Crippen molar-refractivity contribution in [1.29, 1.82) is 0 Å². The molecule has 6 nitrogen and oxygen atoms in total. The van der Waals surface area contributed by atoms with Crippen LogP contribution >= 0.6 is 35.3 Å². The summed E-state index contributed by atoms with van der Waals surface area (Å²) in [6.07, 6.45) is 4.05. The van der Waals surface area contributed by atoms with Crippen LogP contribution in [0.2, 0.25) is 0 Å². The molecule has 0 radical (unpaired) electrons. The van der Waals surface area contributed by atoms with Gasteiger partial charge >= 0.3 is 5.97 Å². The number of thiazole rings is 1. The summed E-state index contributed by atoms with van der Waals surface area (Å²) >= 11 is 1.74. The summed E-state index contributed by atoms with van der Waals surface area (Å²) in [5.74, 6) is 0.523. The van der Waals surface area contributed by atoms with E-state index in [2.05, 4.69) is 27.5 Å². The van der Waals surface area contributed by atoms with Gasteiger partial charge in [-0.05, 0) is 27.2 Å². The second-order valence-electron chi connectivity index (χ2n) is 5.30. The zero-order valence-corrected chi connectivity index (χ0v) is 18.1. The first-order chi connectivity index (χ1) is 11.0. The minimum atomic E-state index is -0.196. The van der Waals surface area contributed by atoms with Crippen LogP contribution < -0.4 is 10.6 Å². The van der Waals surface area contributed by atoms with Crippen molar-refractivity contribution >= 4 is 47.2 Å². The monoisotopic (exact) mass is 468 g/mol. The lowest BCUT2D eigenvalue weighted by Gasteiger charge is -2.12. The molecule has 2 N–H and O–H groups in total. The fraction of sp³-hybridized carbons (Fsp3) is 0.688. The smallest absolute Gasteiger partial charge is 0.307 e. The normalized spacial score (nSPS) is 11.1. The molecule has 0 atom stereocenters. The number of nitrogens with one attached hydrogen (secondary N) is 2. The molecule has 0 aliphatic carbocycles. The van der Waals surface area contributed by atoms with Crippen LogP contribution in [0, 0.1) is 0 Å². The molecule has 0 spiro atoms. The molecule has 1 aromatic heterocycles. The number of aliphatic imine (C=N–C) groups is 1. The van der Waals surface area contributed by atoms with Crippen LogP contribution in [0.25, 0.3) is 0 Å². The predicted octanol–water partition coefficient (Wildman–Crippen LogP) is 2.76. The Morgan fingerprint density at radius 2 is 2.12 bits per heavy atom. The van der Waals surface area contributed by atoms with Crippen molar-refractivity contribution in [3.63, 3.8) is 0 Å². The molecule has 0 saturated carbocycles. The van der Waals surface area contributed by atoms with Crippen LogP contribution in [-0.2, 0) is 22.4 Å². The average Bonchev–Trinajstić information content (AvgIpc) is 2.94. The summed E-state index contributed by atoms with van der Waals surface area (Å²) in [6.45, 7) is 9.79. The highest BCUT2D eigenvalue weighted by molar-refractivity contribution is 14.0. The van der Waals surface area contributed by atoms with Gasteiger partial charge in [-0.15, -0.1) is 35.3 Å². The number of aryl methyl sites for hydroxylation is 1. The first kappa shape index (κ1) is 23.1. The molecule has 0 aliphatic rings. The molecule has 8 heteroatoms. The van der Waals surface area contributed by atoms with Crippen molar-refractivity contribution in [3.05, 3.63) is 16.1 Å². The van der Waals surface area contributed by atoms with Crippen molar-refractivity contribution in [2.45, 2.75) is 53.1 Å². The largest absolute Gasteiger partial charge is 0.463 e. The number of hydrogen-bond acceptors (Lipinski definition) is 5. The van der Waals surface area contributed by atoms with Crippen molar-refractivity contribution in [2.75, 3.05) is 19.6 Å². The van der Waals surface area contributed by atoms with E-state index in [1.54, 1.807) is 11.3 Å². The number of halogens is 1. The number of rotatable bonds is 9. The summed E-state index contributed by atoms with van der Waals surface area (Å²) < 4.78 is 5.10. The molecule has 0 bridgehead atoms. The predicted molar refractivity (Wildman–Crippen MR) is 110 cm³/mol. The number of guanidine groups is 1. The quantitative estimate of drug-likeness (QED) is 0.252. The number of esters is 1. The van der Waals surface area contributed by atoms with E-state index in [-0.39, 0.29) is 36.0 Å². The molecule has 1 aromatic rings. The zero-order chi connectivity index (χ0) is 17.1. The third kappa shape index (κ3) is 10.1. The maximum Gasteiger partial charge on any atom is 0.307 e. The maximum absolute atomic E-state index is 11.5. The van der Waals surface area contributed by atoms with Gasteiger partial charge in [0.25, 0.3) is 0 Å². The SMILES string of the molecule is CCNC(=NCCc1ncc(CC)s1)NCCC(=O)OC(C)C.I. The summed E-state index contributed by atoms with van der Waals surface area (Å²) in [5, 5.41) is 7.43. The third-order valence-electron chi connectivity index (χ3n) is 2.88. The molecule has 1 rings (SSSR count). The van der Waals surface area contributed by atoms with Gasteiger partial charge in [-0.1, -0.05) is 6.92 Å². The average molecular weight is 468 g/mol. The Balaban J connectivity index is 0.00000529. The first-order valence-electron chi connectivity index (χ1n) is 8.20. The Morgan fingerprint density at radius 3 is 2.71 bits per heavy atom. The van der Waals surface area contributed by atoms with Crippen LogP contribution in [0.15, 0.2) is 11.2 Å². The lowest BCUT2D eigenvalue weighted by Crippen LogP contribution is -2.38. The fourth-order valence-corrected chi connectivity index (χ4v) is 2.69. The zero-order valence-electron chi connectivity index (χ0n) is 14.9. The highest BCUT2D eigenvalue weighted by atomic mass is 127. The van der Waals surface area contributed by atoms with Gasteiger partial charge in [-0.25, -0.2) is 4.98 Å². The van der Waals surface area contributed by atoms with Crippen molar-refractivity contribution in [3.8, 4) is 0 Å². The fourth-order valence-electron chi connectivity index (χ4n) is 1.84. The van der Waals surface area contributed by atoms with Gasteiger partial charge in [0.2, 0.25) is 0 Å².